The fourth-order valence-electron chi connectivity index (χ4n) is 14.3. The van der Waals surface area contributed by atoms with E-state index in [0.717, 1.165) is 169 Å². The minimum absolute atomic E-state index is 0.156. The largest absolute Gasteiger partial charge is 0.351 e. The number of nitrogens with zero attached hydrogens (tertiary/aromatic N) is 13. The number of carbonyl (C=O) groups is 1. The lowest BCUT2D eigenvalue weighted by Crippen LogP contribution is -2.32. The second kappa shape index (κ2) is 31.7. The van der Waals surface area contributed by atoms with Crippen molar-refractivity contribution >= 4 is 70.4 Å². The van der Waals surface area contributed by atoms with E-state index in [1.165, 1.54) is 54.3 Å². The second-order valence-corrected chi connectivity index (χ2v) is 28.2. The summed E-state index contributed by atoms with van der Waals surface area (Å²) in [6.45, 7) is 13.9. The number of piperidine rings is 2. The van der Waals surface area contributed by atoms with E-state index in [9.17, 15) is 4.79 Å². The molecule has 4 aliphatic rings. The monoisotopic (exact) mass is 1390 g/mol. The Labute approximate surface area is 594 Å². The molecule has 4 aromatic carbocycles. The molecule has 0 spiro atoms. The second-order valence-electron chi connectivity index (χ2n) is 26.5. The smallest absolute Gasteiger partial charge is 0.344 e. The van der Waals surface area contributed by atoms with Gasteiger partial charge in [0.05, 0.1) is 59.9 Å². The first-order valence-corrected chi connectivity index (χ1v) is 36.1. The third-order valence-electron chi connectivity index (χ3n) is 19.4. The Morgan fingerprint density at radius 2 is 1.01 bits per heavy atom. The standard InChI is InChI=1S/C39H45Cl2N9O.C37H40Cl2N8/c1-25-21-26(2)50(47-25)39(51)48(3)23-27-9-11-28(12-10-27)24-49-36(34-17-20-43-38(45-34)44-31-7-5-4-6-8-31)35(30-13-14-32(40)33(41)22-30)46-37(49)29-15-18-42-19-16-29;1-2-33-41-20-21-46(33)23-25-8-10-26(11-9-25)24-47-35(32-16-19-42-37(44-32)43-29-6-4-3-5-7-29)34(28-12-13-30(38)31(39)22-28)45-36(47)27-14-17-40-18-15-27/h9-14,17,20-22,29,31,42H,4-8,15-16,18-19,23-24H2,1-3H3,(H,43,44,45);2,8-13,16,19-22,27,29,40H,1,3-7,14-15,17-18,23-24H2,(H,42,43,44). The molecule has 508 valence electrons. The van der Waals surface area contributed by atoms with E-state index in [4.69, 9.17) is 66.3 Å². The summed E-state index contributed by atoms with van der Waals surface area (Å²) in [7, 11) is 1.80. The van der Waals surface area contributed by atoms with Crippen molar-refractivity contribution in [3.05, 3.63) is 206 Å². The van der Waals surface area contributed by atoms with Crippen LogP contribution < -0.4 is 21.3 Å². The van der Waals surface area contributed by atoms with Gasteiger partial charge in [-0.1, -0.05) is 152 Å². The highest BCUT2D eigenvalue weighted by atomic mass is 35.5. The number of hydrogen-bond donors (Lipinski definition) is 4. The Bertz CT molecular complexity index is 4380. The van der Waals surface area contributed by atoms with Crippen molar-refractivity contribution < 1.29 is 4.79 Å². The van der Waals surface area contributed by atoms with Crippen LogP contribution in [0.25, 0.3) is 51.4 Å². The highest BCUT2D eigenvalue weighted by Gasteiger charge is 2.31. The lowest BCUT2D eigenvalue weighted by molar-refractivity contribution is 0.204. The van der Waals surface area contributed by atoms with Crippen LogP contribution in [0.15, 0.2) is 134 Å². The molecule has 4 N–H and O–H groups in total. The van der Waals surface area contributed by atoms with Crippen LogP contribution in [0.1, 0.15) is 153 Å². The van der Waals surface area contributed by atoms with E-state index in [0.29, 0.717) is 69.6 Å². The van der Waals surface area contributed by atoms with Crippen molar-refractivity contribution in [2.45, 2.75) is 154 Å². The number of rotatable bonds is 19. The van der Waals surface area contributed by atoms with E-state index >= 15 is 0 Å². The third kappa shape index (κ3) is 16.2. The molecule has 2 saturated heterocycles. The minimum Gasteiger partial charge on any atom is -0.351 e. The summed E-state index contributed by atoms with van der Waals surface area (Å²) >= 11 is 25.9. The molecule has 98 heavy (non-hydrogen) atoms. The lowest BCUT2D eigenvalue weighted by atomic mass is 9.96. The number of carbonyl (C=O) groups excluding carboxylic acids is 1. The fraction of sp³-hybridized carbons (Fsp3) is 0.382. The number of aromatic nitrogens is 12. The maximum atomic E-state index is 13.1. The number of halogens is 4. The van der Waals surface area contributed by atoms with Crippen LogP contribution in [0, 0.1) is 13.8 Å². The number of imidazole rings is 3. The van der Waals surface area contributed by atoms with Gasteiger partial charge in [-0.25, -0.2) is 39.7 Å². The lowest BCUT2D eigenvalue weighted by Gasteiger charge is -2.24. The number of amides is 1. The van der Waals surface area contributed by atoms with Gasteiger partial charge in [0.1, 0.15) is 17.5 Å². The summed E-state index contributed by atoms with van der Waals surface area (Å²) < 4.78 is 8.28. The zero-order valence-corrected chi connectivity index (χ0v) is 59.0. The molecule has 2 aliphatic carbocycles. The Morgan fingerprint density at radius 1 is 0.551 bits per heavy atom. The van der Waals surface area contributed by atoms with Crippen molar-refractivity contribution in [2.24, 2.45) is 0 Å². The van der Waals surface area contributed by atoms with Crippen LogP contribution in [0.4, 0.5) is 16.7 Å². The van der Waals surface area contributed by atoms with Crippen LogP contribution in [-0.4, -0.2) is 115 Å². The molecule has 18 nitrogen and oxygen atoms in total. The first-order chi connectivity index (χ1) is 47.8. The van der Waals surface area contributed by atoms with Crippen LogP contribution in [0.5, 0.6) is 0 Å². The molecule has 4 fully saturated rings. The highest BCUT2D eigenvalue weighted by molar-refractivity contribution is 6.42. The van der Waals surface area contributed by atoms with E-state index in [1.807, 2.05) is 93.2 Å². The molecule has 0 atom stereocenters. The Morgan fingerprint density at radius 3 is 1.45 bits per heavy atom. The molecule has 22 heteroatoms. The van der Waals surface area contributed by atoms with Gasteiger partial charge in [-0.2, -0.15) is 9.78 Å². The van der Waals surface area contributed by atoms with Gasteiger partial charge in [0, 0.05) is 98.8 Å². The van der Waals surface area contributed by atoms with Gasteiger partial charge in [-0.05, 0) is 162 Å². The first-order valence-electron chi connectivity index (χ1n) is 34.6. The van der Waals surface area contributed by atoms with Gasteiger partial charge < -0.3 is 39.9 Å². The van der Waals surface area contributed by atoms with Gasteiger partial charge in [-0.3, -0.25) is 0 Å². The Balaban J connectivity index is 0.000000177. The zero-order chi connectivity index (χ0) is 67.7. The topological polar surface area (TPSA) is 191 Å². The molecule has 10 aromatic rings. The number of nitrogens with one attached hydrogen (secondary N) is 4. The number of benzene rings is 4. The quantitative estimate of drug-likeness (QED) is 0.0599. The maximum absolute atomic E-state index is 13.1. The number of hydrogen-bond acceptors (Lipinski definition) is 13. The van der Waals surface area contributed by atoms with Gasteiger partial charge in [0.2, 0.25) is 11.9 Å². The van der Waals surface area contributed by atoms with Crippen LogP contribution in [0.2, 0.25) is 20.1 Å². The predicted molar refractivity (Wildman–Crippen MR) is 395 cm³/mol. The summed E-state index contributed by atoms with van der Waals surface area (Å²) in [5, 5.41) is 20.7. The van der Waals surface area contributed by atoms with E-state index in [2.05, 4.69) is 110 Å². The summed E-state index contributed by atoms with van der Waals surface area (Å²) in [5.74, 6) is 4.85. The minimum atomic E-state index is -0.156. The highest BCUT2D eigenvalue weighted by Crippen LogP contribution is 2.42. The molecule has 0 bridgehead atoms. The average molecular weight is 1390 g/mol. The summed E-state index contributed by atoms with van der Waals surface area (Å²) in [5.41, 5.74) is 13.2. The molecular formula is C76H85Cl4N17O. The molecule has 1 amide bonds. The summed E-state index contributed by atoms with van der Waals surface area (Å²) in [4.78, 5) is 49.5. The van der Waals surface area contributed by atoms with Gasteiger partial charge in [0.15, 0.2) is 0 Å². The summed E-state index contributed by atoms with van der Waals surface area (Å²) in [6.07, 6.45) is 25.3. The average Bonchev–Trinajstić information content (AvgIpc) is 1.61. The van der Waals surface area contributed by atoms with Crippen LogP contribution >= 0.6 is 46.4 Å². The Kier molecular flexibility index (Phi) is 22.1. The summed E-state index contributed by atoms with van der Waals surface area (Å²) in [6, 6.07) is 35.3. The molecule has 6 aromatic heterocycles. The third-order valence-corrected chi connectivity index (χ3v) is 20.9. The molecule has 0 unspecified atom stereocenters. The van der Waals surface area contributed by atoms with E-state index < -0.39 is 0 Å². The SMILES string of the molecule is C=Cc1nccn1Cc1ccc(Cn2c(C3CCNCC3)nc(-c3ccc(Cl)c(Cl)c3)c2-c2ccnc(NC3CCCCC3)n2)cc1.Cc1cc(C)n(C(=O)N(C)Cc2ccc(Cn3c(C4CCNCC4)nc(-c4ccc(Cl)c(Cl)c4)c3-c3ccnc(NC4CCCCC4)n3)cc2)n1. The molecule has 2 saturated carbocycles. The molecular weight excluding hydrogens is 1310 g/mol. The predicted octanol–water partition coefficient (Wildman–Crippen LogP) is 16.9. The maximum Gasteiger partial charge on any atom is 0.344 e. The van der Waals surface area contributed by atoms with E-state index in [-0.39, 0.29) is 11.9 Å². The fourth-order valence-corrected chi connectivity index (χ4v) is 14.9. The van der Waals surface area contributed by atoms with Crippen molar-refractivity contribution in [1.29, 1.82) is 0 Å². The number of anilines is 2. The van der Waals surface area contributed by atoms with Crippen LogP contribution in [0.3, 0.4) is 0 Å². The van der Waals surface area contributed by atoms with Gasteiger partial charge >= 0.3 is 6.03 Å². The van der Waals surface area contributed by atoms with E-state index in [1.54, 1.807) is 18.0 Å². The van der Waals surface area contributed by atoms with Crippen molar-refractivity contribution in [3.63, 3.8) is 0 Å². The normalized spacial score (nSPS) is 15.8. The zero-order valence-electron chi connectivity index (χ0n) is 56.0. The molecule has 2 aliphatic heterocycles. The van der Waals surface area contributed by atoms with Crippen molar-refractivity contribution in [3.8, 4) is 45.3 Å². The Hall–Kier alpha value is -8.23. The number of aryl methyl sites for hydroxylation is 2. The van der Waals surface area contributed by atoms with Crippen molar-refractivity contribution in [1.82, 2.24) is 73.9 Å². The molecule has 8 heterocycles. The first kappa shape index (κ1) is 68.3. The van der Waals surface area contributed by atoms with Gasteiger partial charge in [0.25, 0.3) is 0 Å². The van der Waals surface area contributed by atoms with Crippen LogP contribution in [-0.2, 0) is 26.2 Å². The molecule has 0 radical (unpaired) electrons. The van der Waals surface area contributed by atoms with Gasteiger partial charge in [-0.15, -0.1) is 0 Å². The van der Waals surface area contributed by atoms with Crippen molar-refractivity contribution in [2.75, 3.05) is 43.9 Å². The molecule has 14 rings (SSSR count).